The summed E-state index contributed by atoms with van der Waals surface area (Å²) in [6.45, 7) is 0. The number of ketones is 1. The fourth-order valence-corrected chi connectivity index (χ4v) is 1.08. The van der Waals surface area contributed by atoms with Crippen LogP contribution in [0.3, 0.4) is 0 Å². The molecule has 0 aliphatic rings. The highest BCUT2D eigenvalue weighted by molar-refractivity contribution is 6.62. The van der Waals surface area contributed by atoms with E-state index in [1.54, 1.807) is 30.3 Å². The Kier molecular flexibility index (Phi) is 3.49. The molecule has 1 N–H and O–H groups in total. The maximum Gasteiger partial charge on any atom is 0.441 e. The van der Waals surface area contributed by atoms with Gasteiger partial charge in [-0.1, -0.05) is 30.3 Å². The smallest absolute Gasteiger partial charge is 0.441 e. The van der Waals surface area contributed by atoms with Crippen molar-refractivity contribution in [3.05, 3.63) is 41.4 Å². The summed E-state index contributed by atoms with van der Waals surface area (Å²) in [5, 5.41) is 8.51. The lowest BCUT2D eigenvalue weighted by Crippen LogP contribution is -2.26. The van der Waals surface area contributed by atoms with Crippen LogP contribution in [0.2, 0.25) is 0 Å². The van der Waals surface area contributed by atoms with E-state index in [2.05, 4.69) is 4.79 Å². The molecular formula is C10H8N2O3. The molecule has 0 saturated heterocycles. The van der Waals surface area contributed by atoms with Gasteiger partial charge in [-0.2, -0.15) is 4.79 Å². The Balaban J connectivity index is 2.81. The van der Waals surface area contributed by atoms with Crippen LogP contribution in [0, 0.1) is 0 Å². The van der Waals surface area contributed by atoms with Crippen LogP contribution < -0.4 is 0 Å². The summed E-state index contributed by atoms with van der Waals surface area (Å²) in [6.07, 6.45) is -0.0907. The molecule has 5 nitrogen and oxygen atoms in total. The number of rotatable bonds is 4. The van der Waals surface area contributed by atoms with Gasteiger partial charge in [0.1, 0.15) is 0 Å². The third-order valence-electron chi connectivity index (χ3n) is 1.77. The van der Waals surface area contributed by atoms with Crippen molar-refractivity contribution in [3.8, 4) is 0 Å². The highest BCUT2D eigenvalue weighted by Crippen LogP contribution is 2.00. The molecule has 0 saturated carbocycles. The molecule has 0 atom stereocenters. The summed E-state index contributed by atoms with van der Waals surface area (Å²) in [5.41, 5.74) is 8.15. The molecule has 15 heavy (non-hydrogen) atoms. The SMILES string of the molecule is [N-]=[N+]=C(C(=O)O)C(=O)Cc1ccccc1. The Morgan fingerprint density at radius 3 is 2.33 bits per heavy atom. The zero-order valence-electron chi connectivity index (χ0n) is 7.75. The van der Waals surface area contributed by atoms with Gasteiger partial charge in [0.05, 0.1) is 0 Å². The minimum Gasteiger partial charge on any atom is -0.472 e. The zero-order valence-corrected chi connectivity index (χ0v) is 7.75. The van der Waals surface area contributed by atoms with Gasteiger partial charge in [-0.15, -0.1) is 0 Å². The maximum absolute atomic E-state index is 11.3. The Morgan fingerprint density at radius 1 is 1.27 bits per heavy atom. The molecule has 0 aromatic heterocycles. The molecule has 1 aromatic carbocycles. The zero-order chi connectivity index (χ0) is 11.3. The lowest BCUT2D eigenvalue weighted by atomic mass is 10.1. The van der Waals surface area contributed by atoms with Crippen molar-refractivity contribution >= 4 is 17.5 Å². The van der Waals surface area contributed by atoms with E-state index in [1.165, 1.54) is 0 Å². The first-order valence-corrected chi connectivity index (χ1v) is 4.17. The fraction of sp³-hybridized carbons (Fsp3) is 0.100. The second-order valence-electron chi connectivity index (χ2n) is 2.84. The van der Waals surface area contributed by atoms with Gasteiger partial charge in [0.2, 0.25) is 0 Å². The van der Waals surface area contributed by atoms with E-state index in [0.29, 0.717) is 5.56 Å². The summed E-state index contributed by atoms with van der Waals surface area (Å²) in [7, 11) is 0. The number of carboxylic acids is 1. The van der Waals surface area contributed by atoms with Crippen LogP contribution in [-0.2, 0) is 16.0 Å². The van der Waals surface area contributed by atoms with Crippen molar-refractivity contribution in [3.63, 3.8) is 0 Å². The van der Waals surface area contributed by atoms with Crippen LogP contribution in [-0.4, -0.2) is 27.4 Å². The molecular weight excluding hydrogens is 196 g/mol. The number of aliphatic carboxylic acids is 1. The monoisotopic (exact) mass is 204 g/mol. The van der Waals surface area contributed by atoms with E-state index in [9.17, 15) is 9.59 Å². The van der Waals surface area contributed by atoms with Crippen molar-refractivity contribution < 1.29 is 19.5 Å². The molecule has 0 aliphatic heterocycles. The summed E-state index contributed by atoms with van der Waals surface area (Å²) in [5.74, 6) is -2.25. The average molecular weight is 204 g/mol. The molecule has 0 bridgehead atoms. The van der Waals surface area contributed by atoms with Gasteiger partial charge in [-0.05, 0) is 5.56 Å². The Morgan fingerprint density at radius 2 is 1.87 bits per heavy atom. The minimum absolute atomic E-state index is 0.0907. The van der Waals surface area contributed by atoms with Crippen molar-refractivity contribution in [2.45, 2.75) is 6.42 Å². The average Bonchev–Trinajstić information content (AvgIpc) is 2.19. The predicted octanol–water partition coefficient (Wildman–Crippen LogP) is 0.554. The first kappa shape index (κ1) is 10.8. The molecule has 0 amide bonds. The molecule has 5 heteroatoms. The maximum atomic E-state index is 11.3. The predicted molar refractivity (Wildman–Crippen MR) is 51.4 cm³/mol. The minimum atomic E-state index is -1.53. The third-order valence-corrected chi connectivity index (χ3v) is 1.77. The Hall–Kier alpha value is -2.26. The van der Waals surface area contributed by atoms with Crippen LogP contribution in [0.5, 0.6) is 0 Å². The molecule has 0 heterocycles. The van der Waals surface area contributed by atoms with E-state index >= 15 is 0 Å². The van der Waals surface area contributed by atoms with Gasteiger partial charge in [-0.3, -0.25) is 4.79 Å². The lowest BCUT2D eigenvalue weighted by molar-refractivity contribution is -0.136. The van der Waals surface area contributed by atoms with Gasteiger partial charge >= 0.3 is 11.7 Å². The molecule has 76 valence electrons. The number of benzene rings is 1. The van der Waals surface area contributed by atoms with Gasteiger partial charge in [-0.25, -0.2) is 4.79 Å². The van der Waals surface area contributed by atoms with E-state index < -0.39 is 17.5 Å². The van der Waals surface area contributed by atoms with Crippen molar-refractivity contribution in [2.24, 2.45) is 0 Å². The number of Topliss-reactive ketones (excluding diaryl/α,β-unsaturated/α-hetero) is 1. The molecule has 1 aromatic rings. The normalized spacial score (nSPS) is 9.07. The van der Waals surface area contributed by atoms with E-state index in [1.807, 2.05) is 0 Å². The Labute approximate surface area is 85.6 Å². The Bertz CT molecular complexity index is 433. The number of hydrogen-bond donors (Lipinski definition) is 1. The second kappa shape index (κ2) is 4.83. The number of carbonyl (C=O) groups is 2. The van der Waals surface area contributed by atoms with Crippen LogP contribution in [0.4, 0.5) is 0 Å². The van der Waals surface area contributed by atoms with Gasteiger partial charge in [0, 0.05) is 6.42 Å². The van der Waals surface area contributed by atoms with Crippen LogP contribution in [0.25, 0.3) is 5.53 Å². The summed E-state index contributed by atoms with van der Waals surface area (Å²) in [4.78, 5) is 24.2. The third kappa shape index (κ3) is 2.86. The highest BCUT2D eigenvalue weighted by atomic mass is 16.4. The number of hydrogen-bond acceptors (Lipinski definition) is 2. The number of carboxylic acid groups (broad SMARTS) is 1. The molecule has 0 radical (unpaired) electrons. The molecule has 0 aliphatic carbocycles. The van der Waals surface area contributed by atoms with E-state index in [-0.39, 0.29) is 6.42 Å². The van der Waals surface area contributed by atoms with E-state index in [0.717, 1.165) is 0 Å². The number of nitrogens with zero attached hydrogens (tertiary/aromatic N) is 2. The lowest BCUT2D eigenvalue weighted by Gasteiger charge is -1.94. The summed E-state index contributed by atoms with van der Waals surface area (Å²) in [6, 6.07) is 8.63. The molecule has 0 fully saturated rings. The first-order chi connectivity index (χ1) is 7.15. The summed E-state index contributed by atoms with van der Waals surface area (Å²) >= 11 is 0. The van der Waals surface area contributed by atoms with Crippen LogP contribution in [0.15, 0.2) is 30.3 Å². The van der Waals surface area contributed by atoms with Gasteiger partial charge in [0.25, 0.3) is 5.78 Å². The van der Waals surface area contributed by atoms with Crippen LogP contribution in [0.1, 0.15) is 5.56 Å². The van der Waals surface area contributed by atoms with Gasteiger partial charge < -0.3 is 10.6 Å². The molecule has 0 spiro atoms. The number of carbonyl (C=O) groups excluding carboxylic acids is 1. The molecule has 0 unspecified atom stereocenters. The molecule has 1 rings (SSSR count). The largest absolute Gasteiger partial charge is 0.472 e. The first-order valence-electron chi connectivity index (χ1n) is 4.17. The highest BCUT2D eigenvalue weighted by Gasteiger charge is 2.28. The van der Waals surface area contributed by atoms with Crippen LogP contribution >= 0.6 is 0 Å². The van der Waals surface area contributed by atoms with E-state index in [4.69, 9.17) is 10.6 Å². The van der Waals surface area contributed by atoms with Crippen molar-refractivity contribution in [2.75, 3.05) is 0 Å². The summed E-state index contributed by atoms with van der Waals surface area (Å²) < 4.78 is 0. The van der Waals surface area contributed by atoms with Crippen molar-refractivity contribution in [1.82, 2.24) is 0 Å². The quantitative estimate of drug-likeness (QED) is 0.336. The topological polar surface area (TPSA) is 90.8 Å². The van der Waals surface area contributed by atoms with Crippen molar-refractivity contribution in [1.29, 1.82) is 0 Å². The standard InChI is InChI=1S/C10H8N2O3/c11-12-9(10(14)15)8(13)6-7-4-2-1-3-5-7/h1-5H,6H2,(H,14,15). The second-order valence-corrected chi connectivity index (χ2v) is 2.84. The fourth-order valence-electron chi connectivity index (χ4n) is 1.08. The van der Waals surface area contributed by atoms with Gasteiger partial charge in [0.15, 0.2) is 0 Å².